The van der Waals surface area contributed by atoms with Gasteiger partial charge in [0.05, 0.1) is 0 Å². The lowest BCUT2D eigenvalue weighted by atomic mass is 9.97. The van der Waals surface area contributed by atoms with E-state index in [-0.39, 0.29) is 11.5 Å². The van der Waals surface area contributed by atoms with Crippen LogP contribution in [0, 0.1) is 0 Å². The molecule has 15 nitrogen and oxygen atoms in total. The van der Waals surface area contributed by atoms with Crippen molar-refractivity contribution in [3.05, 3.63) is 71.1 Å². The summed E-state index contributed by atoms with van der Waals surface area (Å²) in [7, 11) is -4.63. The van der Waals surface area contributed by atoms with Crippen molar-refractivity contribution in [3.63, 3.8) is 0 Å². The number of carbonyl (C=O) groups is 3. The predicted molar refractivity (Wildman–Crippen MR) is 133 cm³/mol. The molecular weight excluding hydrogens is 553 g/mol. The predicted octanol–water partition coefficient (Wildman–Crippen LogP) is 4.03. The molecule has 1 aliphatic heterocycles. The standard InChI is InChI=1S/C24H26N3O12P/c1-15(28)32-14-20-22(33-16(2)29)23(34-17(3)30)21(26-27-25)24(35-20)36-39-40(31,37-18-10-6-4-7-11-18)38-19-12-8-5-9-13-19/h4-13,20-24H,14H2,1-3H3/t20-,21-,22+,23-,24+/m1/s1. The van der Waals surface area contributed by atoms with E-state index in [0.29, 0.717) is 0 Å². The molecule has 2 aromatic rings. The smallest absolute Gasteiger partial charge is 0.463 e. The highest BCUT2D eigenvalue weighted by atomic mass is 31.2. The summed E-state index contributed by atoms with van der Waals surface area (Å²) < 4.78 is 51.0. The minimum Gasteiger partial charge on any atom is -0.463 e. The number of hydrogen-bond acceptors (Lipinski definition) is 13. The SMILES string of the molecule is CC(=O)OC[C@H]1O[C@@H](OOP(=O)(Oc2ccccc2)Oc2ccccc2)[C@H](N=[N+]=[N-])[C@@H](OC(C)=O)[C@H]1OC(C)=O. The van der Waals surface area contributed by atoms with E-state index in [2.05, 4.69) is 10.0 Å². The zero-order valence-electron chi connectivity index (χ0n) is 21.6. The Morgan fingerprint density at radius 3 is 1.88 bits per heavy atom. The fourth-order valence-corrected chi connectivity index (χ4v) is 4.56. The van der Waals surface area contributed by atoms with E-state index in [9.17, 15) is 24.5 Å². The van der Waals surface area contributed by atoms with Crippen molar-refractivity contribution in [2.75, 3.05) is 6.61 Å². The number of benzene rings is 2. The van der Waals surface area contributed by atoms with Crippen molar-refractivity contribution in [3.8, 4) is 11.5 Å². The van der Waals surface area contributed by atoms with Gasteiger partial charge in [0.2, 0.25) is 6.29 Å². The number of para-hydroxylation sites is 2. The topological polar surface area (TPSA) is 191 Å². The van der Waals surface area contributed by atoms with Gasteiger partial charge in [0.15, 0.2) is 12.2 Å². The number of phosphoric ester groups is 1. The molecule has 214 valence electrons. The number of carbonyl (C=O) groups excluding carboxylic acids is 3. The monoisotopic (exact) mass is 579 g/mol. The van der Waals surface area contributed by atoms with Gasteiger partial charge >= 0.3 is 25.7 Å². The zero-order valence-corrected chi connectivity index (χ0v) is 22.4. The first kappa shape index (κ1) is 30.4. The van der Waals surface area contributed by atoms with Gasteiger partial charge < -0.3 is 28.0 Å². The quantitative estimate of drug-likeness (QED) is 0.0513. The minimum absolute atomic E-state index is 0.0990. The second-order valence-corrected chi connectivity index (χ2v) is 9.52. The lowest BCUT2D eigenvalue weighted by Crippen LogP contribution is -2.61. The summed E-state index contributed by atoms with van der Waals surface area (Å²) in [4.78, 5) is 43.2. The Kier molecular flexibility index (Phi) is 10.9. The number of azide groups is 1. The van der Waals surface area contributed by atoms with Crippen molar-refractivity contribution < 1.29 is 56.5 Å². The third-order valence-electron chi connectivity index (χ3n) is 5.00. The lowest BCUT2D eigenvalue weighted by molar-refractivity contribution is -0.370. The molecule has 0 radical (unpaired) electrons. The third-order valence-corrected chi connectivity index (χ3v) is 6.14. The van der Waals surface area contributed by atoms with Crippen LogP contribution in [0.1, 0.15) is 20.8 Å². The van der Waals surface area contributed by atoms with Gasteiger partial charge in [0.1, 0.15) is 30.3 Å². The number of esters is 3. The second-order valence-electron chi connectivity index (χ2n) is 8.12. The van der Waals surface area contributed by atoms with Gasteiger partial charge in [-0.1, -0.05) is 41.5 Å². The first-order chi connectivity index (χ1) is 19.1. The van der Waals surface area contributed by atoms with Crippen molar-refractivity contribution in [2.45, 2.75) is 51.4 Å². The highest BCUT2D eigenvalue weighted by molar-refractivity contribution is 7.49. The maximum Gasteiger partial charge on any atom is 0.615 e. The molecule has 0 N–H and O–H groups in total. The van der Waals surface area contributed by atoms with E-state index >= 15 is 0 Å². The van der Waals surface area contributed by atoms with Crippen LogP contribution in [0.15, 0.2) is 65.8 Å². The number of ether oxygens (including phenoxy) is 4. The van der Waals surface area contributed by atoms with Gasteiger partial charge in [-0.05, 0) is 29.8 Å². The van der Waals surface area contributed by atoms with Crippen molar-refractivity contribution >= 4 is 25.7 Å². The molecule has 40 heavy (non-hydrogen) atoms. The van der Waals surface area contributed by atoms with E-state index in [4.69, 9.17) is 37.6 Å². The Morgan fingerprint density at radius 1 is 0.875 bits per heavy atom. The maximum absolute atomic E-state index is 13.7. The highest BCUT2D eigenvalue weighted by Gasteiger charge is 2.52. The van der Waals surface area contributed by atoms with Crippen LogP contribution in [0.2, 0.25) is 0 Å². The molecule has 0 spiro atoms. The van der Waals surface area contributed by atoms with Gasteiger partial charge in [0.25, 0.3) is 0 Å². The van der Waals surface area contributed by atoms with Gasteiger partial charge in [-0.15, -0.1) is 4.67 Å². The molecule has 16 heteroatoms. The maximum atomic E-state index is 13.7. The Labute approximate surface area is 228 Å². The molecule has 0 amide bonds. The van der Waals surface area contributed by atoms with Crippen LogP contribution in [0.25, 0.3) is 10.4 Å². The number of hydrogen-bond donors (Lipinski definition) is 0. The molecule has 1 fully saturated rings. The number of phosphoric acid groups is 1. The Balaban J connectivity index is 1.93. The summed E-state index contributed by atoms with van der Waals surface area (Å²) in [6.07, 6.45) is -5.95. The average molecular weight is 579 g/mol. The van der Waals surface area contributed by atoms with E-state index in [1.807, 2.05) is 0 Å². The first-order valence-electron chi connectivity index (χ1n) is 11.7. The van der Waals surface area contributed by atoms with Gasteiger partial charge in [-0.3, -0.25) is 14.4 Å². The minimum atomic E-state index is -4.63. The fourth-order valence-electron chi connectivity index (χ4n) is 3.51. The molecule has 0 aromatic heterocycles. The van der Waals surface area contributed by atoms with Crippen LogP contribution in [-0.2, 0) is 47.5 Å². The summed E-state index contributed by atoms with van der Waals surface area (Å²) >= 11 is 0. The van der Waals surface area contributed by atoms with E-state index in [1.54, 1.807) is 36.4 Å². The molecule has 0 bridgehead atoms. The molecule has 1 saturated heterocycles. The summed E-state index contributed by atoms with van der Waals surface area (Å²) in [5.41, 5.74) is 9.20. The Morgan fingerprint density at radius 2 is 1.40 bits per heavy atom. The highest BCUT2D eigenvalue weighted by Crippen LogP contribution is 2.50. The summed E-state index contributed by atoms with van der Waals surface area (Å²) in [6.45, 7) is 2.79. The molecule has 0 aliphatic carbocycles. The largest absolute Gasteiger partial charge is 0.615 e. The van der Waals surface area contributed by atoms with Crippen LogP contribution < -0.4 is 9.05 Å². The lowest BCUT2D eigenvalue weighted by Gasteiger charge is -2.42. The van der Waals surface area contributed by atoms with E-state index in [1.165, 1.54) is 24.3 Å². The van der Waals surface area contributed by atoms with Gasteiger partial charge in [-0.25, -0.2) is 4.57 Å². The summed E-state index contributed by atoms with van der Waals surface area (Å²) in [5, 5.41) is 3.56. The third kappa shape index (κ3) is 8.97. The fraction of sp³-hybridized carbons (Fsp3) is 0.375. The van der Waals surface area contributed by atoms with Crippen LogP contribution in [0.4, 0.5) is 0 Å². The molecule has 5 atom stereocenters. The average Bonchev–Trinajstić information content (AvgIpc) is 2.90. The van der Waals surface area contributed by atoms with Crippen LogP contribution in [-0.4, -0.2) is 55.2 Å². The molecule has 0 saturated carbocycles. The van der Waals surface area contributed by atoms with E-state index < -0.39 is 63.0 Å². The van der Waals surface area contributed by atoms with Crippen LogP contribution >= 0.6 is 7.82 Å². The molecule has 2 aromatic carbocycles. The van der Waals surface area contributed by atoms with Crippen LogP contribution in [0.5, 0.6) is 11.5 Å². The van der Waals surface area contributed by atoms with E-state index in [0.717, 1.165) is 20.8 Å². The van der Waals surface area contributed by atoms with Gasteiger partial charge in [-0.2, -0.15) is 4.89 Å². The first-order valence-corrected chi connectivity index (χ1v) is 13.2. The Hall–Kier alpha value is -4.13. The van der Waals surface area contributed by atoms with Crippen LogP contribution in [0.3, 0.4) is 0 Å². The van der Waals surface area contributed by atoms with Crippen molar-refractivity contribution in [1.82, 2.24) is 0 Å². The number of rotatable bonds is 12. The molecule has 0 unspecified atom stereocenters. The second kappa shape index (κ2) is 14.3. The molecular formula is C24H26N3O12P. The van der Waals surface area contributed by atoms with Crippen molar-refractivity contribution in [2.24, 2.45) is 5.11 Å². The van der Waals surface area contributed by atoms with Gasteiger partial charge in [0, 0.05) is 25.7 Å². The summed E-state index contributed by atoms with van der Waals surface area (Å²) in [5.74, 6) is -2.13. The molecule has 1 aliphatic rings. The number of nitrogens with zero attached hydrogens (tertiary/aromatic N) is 3. The molecule has 3 rings (SSSR count). The zero-order chi connectivity index (χ0) is 29.1. The summed E-state index contributed by atoms with van der Waals surface area (Å²) in [6, 6.07) is 14.3. The normalized spacial score (nSPS) is 22.2. The molecule has 1 heterocycles. The Bertz CT molecular complexity index is 1210. The van der Waals surface area contributed by atoms with Crippen molar-refractivity contribution in [1.29, 1.82) is 0 Å².